The Morgan fingerprint density at radius 1 is 1.29 bits per heavy atom. The fourth-order valence-corrected chi connectivity index (χ4v) is 1.92. The molecule has 0 radical (unpaired) electrons. The lowest BCUT2D eigenvalue weighted by atomic mass is 10.1. The second kappa shape index (κ2) is 3.43. The van der Waals surface area contributed by atoms with Gasteiger partial charge in [-0.2, -0.15) is 0 Å². The summed E-state index contributed by atoms with van der Waals surface area (Å²) in [5, 5.41) is 18.5. The van der Waals surface area contributed by atoms with E-state index in [2.05, 4.69) is 0 Å². The smallest absolute Gasteiger partial charge is 0.190 e. The Morgan fingerprint density at radius 3 is 2.57 bits per heavy atom. The van der Waals surface area contributed by atoms with E-state index in [-0.39, 0.29) is 12.7 Å². The number of hydrogen-bond acceptors (Lipinski definition) is 5. The number of rotatable bonds is 2. The van der Waals surface area contributed by atoms with E-state index in [4.69, 9.17) is 19.3 Å². The second-order valence-electron chi connectivity index (χ2n) is 4.15. The molecule has 0 spiro atoms. The molecule has 2 aliphatic rings. The van der Waals surface area contributed by atoms with Crippen molar-refractivity contribution < 1.29 is 24.4 Å². The van der Waals surface area contributed by atoms with Crippen LogP contribution >= 0.6 is 0 Å². The zero-order valence-corrected chi connectivity index (χ0v) is 8.34. The number of aliphatic hydroxyl groups excluding tert-OH is 2. The van der Waals surface area contributed by atoms with Crippen LogP contribution in [0.15, 0.2) is 0 Å². The van der Waals surface area contributed by atoms with Crippen molar-refractivity contribution in [2.24, 2.45) is 0 Å². The van der Waals surface area contributed by atoms with E-state index in [1.807, 2.05) is 0 Å². The van der Waals surface area contributed by atoms with Gasteiger partial charge in [0.25, 0.3) is 0 Å². The summed E-state index contributed by atoms with van der Waals surface area (Å²) in [6.45, 7) is 3.55. The topological polar surface area (TPSA) is 68.2 Å². The molecule has 2 heterocycles. The summed E-state index contributed by atoms with van der Waals surface area (Å²) in [5.74, 6) is -0.694. The quantitative estimate of drug-likeness (QED) is 0.641. The highest BCUT2D eigenvalue weighted by Crippen LogP contribution is 2.37. The molecule has 2 saturated heterocycles. The molecule has 0 aromatic carbocycles. The molecule has 2 rings (SSSR count). The Labute approximate surface area is 82.6 Å². The van der Waals surface area contributed by atoms with Crippen LogP contribution in [0.2, 0.25) is 0 Å². The summed E-state index contributed by atoms with van der Waals surface area (Å²) >= 11 is 0. The fourth-order valence-electron chi connectivity index (χ4n) is 1.92. The van der Waals surface area contributed by atoms with Crippen LogP contribution in [0, 0.1) is 0 Å². The normalized spacial score (nSPS) is 45.4. The standard InChI is InChI=1S/C9H16O5/c1-9(2)13-7-6(11)5(3-4-10)12-8(7)14-9/h5-8,10-11H,3-4H2,1-2H3/t5-,6+,7-,8-/m1/s1. The van der Waals surface area contributed by atoms with Crippen molar-refractivity contribution in [3.05, 3.63) is 0 Å². The summed E-state index contributed by atoms with van der Waals surface area (Å²) in [6.07, 6.45) is -1.63. The van der Waals surface area contributed by atoms with Crippen LogP contribution in [0.5, 0.6) is 0 Å². The first-order chi connectivity index (χ1) is 6.53. The first kappa shape index (κ1) is 10.3. The average molecular weight is 204 g/mol. The first-order valence-corrected chi connectivity index (χ1v) is 4.83. The monoisotopic (exact) mass is 204 g/mol. The zero-order chi connectivity index (χ0) is 10.3. The Bertz CT molecular complexity index is 217. The van der Waals surface area contributed by atoms with Crippen molar-refractivity contribution in [2.45, 2.75) is 50.7 Å². The van der Waals surface area contributed by atoms with Gasteiger partial charge >= 0.3 is 0 Å². The molecule has 2 fully saturated rings. The van der Waals surface area contributed by atoms with Gasteiger partial charge in [0.1, 0.15) is 12.2 Å². The summed E-state index contributed by atoms with van der Waals surface area (Å²) in [4.78, 5) is 0. The van der Waals surface area contributed by atoms with Gasteiger partial charge in [0.05, 0.1) is 6.10 Å². The van der Waals surface area contributed by atoms with E-state index in [9.17, 15) is 5.11 Å². The molecule has 0 bridgehead atoms. The largest absolute Gasteiger partial charge is 0.396 e. The third-order valence-electron chi connectivity index (χ3n) is 2.53. The van der Waals surface area contributed by atoms with E-state index in [0.29, 0.717) is 6.42 Å². The van der Waals surface area contributed by atoms with Gasteiger partial charge in [-0.25, -0.2) is 0 Å². The van der Waals surface area contributed by atoms with Gasteiger partial charge in [-0.05, 0) is 20.3 Å². The fraction of sp³-hybridized carbons (Fsp3) is 1.00. The van der Waals surface area contributed by atoms with Gasteiger partial charge in [0, 0.05) is 6.61 Å². The van der Waals surface area contributed by atoms with E-state index < -0.39 is 24.3 Å². The van der Waals surface area contributed by atoms with Crippen molar-refractivity contribution in [1.82, 2.24) is 0 Å². The van der Waals surface area contributed by atoms with Crippen molar-refractivity contribution in [2.75, 3.05) is 6.61 Å². The van der Waals surface area contributed by atoms with Gasteiger partial charge < -0.3 is 24.4 Å². The van der Waals surface area contributed by atoms with Crippen molar-refractivity contribution in [3.63, 3.8) is 0 Å². The predicted octanol–water partition coefficient (Wildman–Crippen LogP) is -0.394. The molecular weight excluding hydrogens is 188 g/mol. The SMILES string of the molecule is CC1(C)O[C@H]2O[C@H](CCO)[C@H](O)[C@H]2O1. The summed E-state index contributed by atoms with van der Waals surface area (Å²) in [7, 11) is 0. The molecule has 14 heavy (non-hydrogen) atoms. The van der Waals surface area contributed by atoms with Gasteiger partial charge in [0.2, 0.25) is 0 Å². The highest BCUT2D eigenvalue weighted by atomic mass is 16.8. The van der Waals surface area contributed by atoms with Crippen LogP contribution in [-0.2, 0) is 14.2 Å². The van der Waals surface area contributed by atoms with Crippen LogP contribution in [0.3, 0.4) is 0 Å². The number of aliphatic hydroxyl groups is 2. The first-order valence-electron chi connectivity index (χ1n) is 4.83. The second-order valence-corrected chi connectivity index (χ2v) is 4.15. The molecule has 4 atom stereocenters. The van der Waals surface area contributed by atoms with Crippen LogP contribution < -0.4 is 0 Å². The molecule has 0 saturated carbocycles. The van der Waals surface area contributed by atoms with Crippen molar-refractivity contribution >= 4 is 0 Å². The molecule has 0 unspecified atom stereocenters. The van der Waals surface area contributed by atoms with E-state index in [1.54, 1.807) is 13.8 Å². The average Bonchev–Trinajstić information content (AvgIpc) is 2.50. The third-order valence-corrected chi connectivity index (χ3v) is 2.53. The van der Waals surface area contributed by atoms with Crippen LogP contribution in [0.4, 0.5) is 0 Å². The molecule has 0 aliphatic carbocycles. The van der Waals surface area contributed by atoms with E-state index in [1.165, 1.54) is 0 Å². The predicted molar refractivity (Wildman–Crippen MR) is 46.4 cm³/mol. The molecule has 0 aromatic heterocycles. The number of ether oxygens (including phenoxy) is 3. The van der Waals surface area contributed by atoms with Crippen LogP contribution in [0.1, 0.15) is 20.3 Å². The summed E-state index contributed by atoms with van der Waals surface area (Å²) in [5.41, 5.74) is 0. The number of hydrogen-bond donors (Lipinski definition) is 2. The minimum Gasteiger partial charge on any atom is -0.396 e. The van der Waals surface area contributed by atoms with Crippen molar-refractivity contribution in [1.29, 1.82) is 0 Å². The van der Waals surface area contributed by atoms with Crippen LogP contribution in [0.25, 0.3) is 0 Å². The molecule has 5 nitrogen and oxygen atoms in total. The molecule has 0 aromatic rings. The lowest BCUT2D eigenvalue weighted by molar-refractivity contribution is -0.216. The lowest BCUT2D eigenvalue weighted by Gasteiger charge is -2.22. The lowest BCUT2D eigenvalue weighted by Crippen LogP contribution is -2.34. The molecule has 2 N–H and O–H groups in total. The van der Waals surface area contributed by atoms with Crippen molar-refractivity contribution in [3.8, 4) is 0 Å². The van der Waals surface area contributed by atoms with Gasteiger partial charge in [-0.3, -0.25) is 0 Å². The summed E-state index contributed by atoms with van der Waals surface area (Å²) < 4.78 is 16.3. The van der Waals surface area contributed by atoms with E-state index in [0.717, 1.165) is 0 Å². The Kier molecular flexibility index (Phi) is 2.53. The highest BCUT2D eigenvalue weighted by Gasteiger charge is 2.53. The molecule has 0 amide bonds. The van der Waals surface area contributed by atoms with E-state index >= 15 is 0 Å². The molecule has 82 valence electrons. The Hall–Kier alpha value is -0.200. The molecular formula is C9H16O5. The molecule has 5 heteroatoms. The van der Waals surface area contributed by atoms with Crippen LogP contribution in [-0.4, -0.2) is 47.2 Å². The minimum absolute atomic E-state index is 0.00937. The highest BCUT2D eigenvalue weighted by molar-refractivity contribution is 4.92. The Morgan fingerprint density at radius 2 is 2.00 bits per heavy atom. The minimum atomic E-state index is -0.714. The third kappa shape index (κ3) is 1.66. The number of fused-ring (bicyclic) bond motifs is 1. The summed E-state index contributed by atoms with van der Waals surface area (Å²) in [6, 6.07) is 0. The van der Waals surface area contributed by atoms with Gasteiger partial charge in [0.15, 0.2) is 12.1 Å². The Balaban J connectivity index is 2.00. The zero-order valence-electron chi connectivity index (χ0n) is 8.34. The van der Waals surface area contributed by atoms with Gasteiger partial charge in [-0.1, -0.05) is 0 Å². The molecule has 2 aliphatic heterocycles. The maximum Gasteiger partial charge on any atom is 0.190 e. The van der Waals surface area contributed by atoms with Gasteiger partial charge in [-0.15, -0.1) is 0 Å². The maximum atomic E-state index is 9.78. The maximum absolute atomic E-state index is 9.78.